The third kappa shape index (κ3) is 3.01. The van der Waals surface area contributed by atoms with Gasteiger partial charge in [-0.3, -0.25) is 0 Å². The zero-order valence-electron chi connectivity index (χ0n) is 9.91. The summed E-state index contributed by atoms with van der Waals surface area (Å²) in [5, 5.41) is 9.01. The predicted molar refractivity (Wildman–Crippen MR) is 71.5 cm³/mol. The molecule has 0 aliphatic rings. The van der Waals surface area contributed by atoms with Crippen LogP contribution in [-0.2, 0) is 6.18 Å². The Hall–Kier alpha value is -1.82. The van der Waals surface area contributed by atoms with Crippen LogP contribution in [0.3, 0.4) is 0 Å². The molecule has 2 rings (SSSR count). The summed E-state index contributed by atoms with van der Waals surface area (Å²) in [6.45, 7) is 0. The minimum Gasteiger partial charge on any atom is -0.478 e. The number of benzene rings is 2. The van der Waals surface area contributed by atoms with E-state index in [9.17, 15) is 18.0 Å². The lowest BCUT2D eigenvalue weighted by molar-refractivity contribution is -0.137. The highest BCUT2D eigenvalue weighted by Crippen LogP contribution is 2.33. The van der Waals surface area contributed by atoms with Crippen LogP contribution in [0.25, 0.3) is 11.1 Å². The highest BCUT2D eigenvalue weighted by Gasteiger charge is 2.30. The van der Waals surface area contributed by atoms with Gasteiger partial charge in [-0.15, -0.1) is 0 Å². The van der Waals surface area contributed by atoms with Crippen molar-refractivity contribution in [2.45, 2.75) is 6.18 Å². The Bertz CT molecular complexity index is 666. The summed E-state index contributed by atoms with van der Waals surface area (Å²) in [7, 11) is 0. The Kier molecular flexibility index (Phi) is 3.85. The van der Waals surface area contributed by atoms with Gasteiger partial charge in [0.25, 0.3) is 0 Å². The maximum atomic E-state index is 12.7. The molecule has 1 N–H and O–H groups in total. The Morgan fingerprint density at radius 3 is 2.30 bits per heavy atom. The van der Waals surface area contributed by atoms with Gasteiger partial charge in [0, 0.05) is 4.47 Å². The molecule has 0 amide bonds. The van der Waals surface area contributed by atoms with Crippen molar-refractivity contribution in [1.82, 2.24) is 0 Å². The third-order valence-electron chi connectivity index (χ3n) is 2.72. The highest BCUT2D eigenvalue weighted by atomic mass is 79.9. The second-order valence-corrected chi connectivity index (χ2v) is 4.93. The first-order valence-corrected chi connectivity index (χ1v) is 6.29. The first-order chi connectivity index (χ1) is 9.29. The summed E-state index contributed by atoms with van der Waals surface area (Å²) < 4.78 is 38.3. The maximum absolute atomic E-state index is 12.7. The summed E-state index contributed by atoms with van der Waals surface area (Å²) in [5.74, 6) is -1.15. The van der Waals surface area contributed by atoms with E-state index < -0.39 is 17.7 Å². The molecule has 0 saturated carbocycles. The number of halogens is 4. The number of carboxylic acids is 1. The Balaban J connectivity index is 2.52. The van der Waals surface area contributed by atoms with Gasteiger partial charge in [-0.2, -0.15) is 13.2 Å². The first-order valence-electron chi connectivity index (χ1n) is 5.49. The van der Waals surface area contributed by atoms with Gasteiger partial charge in [0.05, 0.1) is 11.1 Å². The third-order valence-corrected chi connectivity index (χ3v) is 3.41. The fraction of sp³-hybridized carbons (Fsp3) is 0.0714. The van der Waals surface area contributed by atoms with Crippen molar-refractivity contribution in [1.29, 1.82) is 0 Å². The quantitative estimate of drug-likeness (QED) is 0.846. The smallest absolute Gasteiger partial charge is 0.416 e. The van der Waals surface area contributed by atoms with Crippen molar-refractivity contribution >= 4 is 21.9 Å². The van der Waals surface area contributed by atoms with Crippen LogP contribution in [0.1, 0.15) is 15.9 Å². The summed E-state index contributed by atoms with van der Waals surface area (Å²) in [6.07, 6.45) is -4.43. The van der Waals surface area contributed by atoms with Crippen LogP contribution in [0.2, 0.25) is 0 Å². The molecule has 0 fully saturated rings. The number of carboxylic acid groups (broad SMARTS) is 1. The number of carbonyl (C=O) groups is 1. The van der Waals surface area contributed by atoms with Gasteiger partial charge < -0.3 is 5.11 Å². The monoisotopic (exact) mass is 344 g/mol. The molecule has 0 unspecified atom stereocenters. The van der Waals surface area contributed by atoms with E-state index >= 15 is 0 Å². The van der Waals surface area contributed by atoms with Crippen molar-refractivity contribution < 1.29 is 23.1 Å². The van der Waals surface area contributed by atoms with Gasteiger partial charge in [-0.05, 0) is 51.3 Å². The molecule has 20 heavy (non-hydrogen) atoms. The molecule has 0 spiro atoms. The zero-order valence-corrected chi connectivity index (χ0v) is 11.5. The number of hydrogen-bond donors (Lipinski definition) is 1. The van der Waals surface area contributed by atoms with Crippen molar-refractivity contribution in [3.05, 3.63) is 58.1 Å². The largest absolute Gasteiger partial charge is 0.478 e. The van der Waals surface area contributed by atoms with E-state index in [1.54, 1.807) is 6.07 Å². The number of aromatic carboxylic acids is 1. The second-order valence-electron chi connectivity index (χ2n) is 4.08. The molecule has 0 aliphatic carbocycles. The van der Waals surface area contributed by atoms with Gasteiger partial charge in [0.15, 0.2) is 0 Å². The normalized spacial score (nSPS) is 11.4. The van der Waals surface area contributed by atoms with E-state index in [1.165, 1.54) is 24.3 Å². The molecule has 0 bridgehead atoms. The van der Waals surface area contributed by atoms with Crippen LogP contribution < -0.4 is 0 Å². The van der Waals surface area contributed by atoms with Crippen LogP contribution in [0.5, 0.6) is 0 Å². The lowest BCUT2D eigenvalue weighted by Crippen LogP contribution is -2.04. The minimum absolute atomic E-state index is 0.0000817. The van der Waals surface area contributed by atoms with Crippen LogP contribution >= 0.6 is 15.9 Å². The van der Waals surface area contributed by atoms with Gasteiger partial charge in [0.2, 0.25) is 0 Å². The zero-order chi connectivity index (χ0) is 14.9. The Labute approximate surface area is 121 Å². The van der Waals surface area contributed by atoms with Crippen LogP contribution in [-0.4, -0.2) is 11.1 Å². The molecule has 2 aromatic rings. The highest BCUT2D eigenvalue weighted by molar-refractivity contribution is 9.10. The molecule has 2 nitrogen and oxygen atoms in total. The molecule has 0 heterocycles. The standard InChI is InChI=1S/C14H8BrF3O2/c15-12-5-4-9(7-11(12)13(19)20)8-2-1-3-10(6-8)14(16,17)18/h1-7H,(H,19,20). The van der Waals surface area contributed by atoms with Crippen molar-refractivity contribution in [2.24, 2.45) is 0 Å². The average Bonchev–Trinajstić information content (AvgIpc) is 2.38. The SMILES string of the molecule is O=C(O)c1cc(-c2cccc(C(F)(F)F)c2)ccc1Br. The maximum Gasteiger partial charge on any atom is 0.416 e. The molecule has 0 aromatic heterocycles. The van der Waals surface area contributed by atoms with Gasteiger partial charge in [0.1, 0.15) is 0 Å². The molecule has 0 radical (unpaired) electrons. The van der Waals surface area contributed by atoms with Crippen molar-refractivity contribution in [3.8, 4) is 11.1 Å². The minimum atomic E-state index is -4.43. The lowest BCUT2D eigenvalue weighted by atomic mass is 10.0. The topological polar surface area (TPSA) is 37.3 Å². The average molecular weight is 345 g/mol. The van der Waals surface area contributed by atoms with Gasteiger partial charge >= 0.3 is 12.1 Å². The summed E-state index contributed by atoms with van der Waals surface area (Å²) in [4.78, 5) is 11.0. The van der Waals surface area contributed by atoms with Crippen molar-refractivity contribution in [3.63, 3.8) is 0 Å². The Morgan fingerprint density at radius 1 is 1.05 bits per heavy atom. The van der Waals surface area contributed by atoms with E-state index in [0.29, 0.717) is 15.6 Å². The summed E-state index contributed by atoms with van der Waals surface area (Å²) >= 11 is 3.09. The van der Waals surface area contributed by atoms with E-state index in [-0.39, 0.29) is 5.56 Å². The van der Waals surface area contributed by atoms with Crippen LogP contribution in [0, 0.1) is 0 Å². The van der Waals surface area contributed by atoms with E-state index in [0.717, 1.165) is 12.1 Å². The Morgan fingerprint density at radius 2 is 1.70 bits per heavy atom. The molecular weight excluding hydrogens is 337 g/mol. The number of rotatable bonds is 2. The molecular formula is C14H8BrF3O2. The second kappa shape index (κ2) is 5.28. The fourth-order valence-electron chi connectivity index (χ4n) is 1.74. The van der Waals surface area contributed by atoms with E-state index in [1.807, 2.05) is 0 Å². The van der Waals surface area contributed by atoms with Gasteiger partial charge in [-0.25, -0.2) is 4.79 Å². The molecule has 6 heteroatoms. The molecule has 0 atom stereocenters. The fourth-order valence-corrected chi connectivity index (χ4v) is 2.16. The number of alkyl halides is 3. The predicted octanol–water partition coefficient (Wildman–Crippen LogP) is 4.83. The lowest BCUT2D eigenvalue weighted by Gasteiger charge is -2.09. The summed E-state index contributed by atoms with van der Waals surface area (Å²) in [6, 6.07) is 9.16. The summed E-state index contributed by atoms with van der Waals surface area (Å²) in [5.41, 5.74) is -0.0405. The van der Waals surface area contributed by atoms with E-state index in [2.05, 4.69) is 15.9 Å². The van der Waals surface area contributed by atoms with Crippen molar-refractivity contribution in [2.75, 3.05) is 0 Å². The van der Waals surface area contributed by atoms with E-state index in [4.69, 9.17) is 5.11 Å². The molecule has 2 aromatic carbocycles. The first kappa shape index (κ1) is 14.6. The molecule has 0 aliphatic heterocycles. The van der Waals surface area contributed by atoms with Gasteiger partial charge in [-0.1, -0.05) is 18.2 Å². The van der Waals surface area contributed by atoms with Crippen LogP contribution in [0.4, 0.5) is 13.2 Å². The molecule has 104 valence electrons. The molecule has 0 saturated heterocycles. The number of hydrogen-bond acceptors (Lipinski definition) is 1. The van der Waals surface area contributed by atoms with Crippen LogP contribution in [0.15, 0.2) is 46.9 Å².